The molecule has 5 nitrogen and oxygen atoms in total. The molecule has 1 amide bonds. The van der Waals surface area contributed by atoms with Crippen molar-refractivity contribution in [2.75, 3.05) is 12.4 Å². The molecule has 0 aliphatic rings. The van der Waals surface area contributed by atoms with Gasteiger partial charge >= 0.3 is 0 Å². The number of hydrogen-bond acceptors (Lipinski definition) is 4. The number of nitrogens with zero attached hydrogens (tertiary/aromatic N) is 1. The third-order valence-corrected chi connectivity index (χ3v) is 4.07. The summed E-state index contributed by atoms with van der Waals surface area (Å²) < 4.78 is 31.9. The van der Waals surface area contributed by atoms with E-state index in [-0.39, 0.29) is 28.7 Å². The van der Waals surface area contributed by atoms with Crippen molar-refractivity contribution in [3.05, 3.63) is 47.7 Å². The molecule has 2 aromatic rings. The molecule has 7 heteroatoms. The summed E-state index contributed by atoms with van der Waals surface area (Å²) in [6.07, 6.45) is 0. The Kier molecular flexibility index (Phi) is 5.79. The minimum atomic E-state index is -0.710. The molecule has 2 rings (SSSR count). The maximum Gasteiger partial charge on any atom is 0.274 e. The second-order valence-electron chi connectivity index (χ2n) is 7.09. The number of hydrogen-bond donors (Lipinski definition) is 2. The molecule has 2 N–H and O–H groups in total. The molecule has 0 bridgehead atoms. The number of pyridine rings is 1. The number of anilines is 2. The molecule has 0 radical (unpaired) electrons. The number of nitrogens with one attached hydrogen (secondary N) is 2. The van der Waals surface area contributed by atoms with Crippen molar-refractivity contribution in [3.8, 4) is 5.75 Å². The molecule has 1 aromatic heterocycles. The predicted octanol–water partition coefficient (Wildman–Crippen LogP) is 4.28. The average molecular weight is 363 g/mol. The molecular weight excluding hydrogens is 340 g/mol. The summed E-state index contributed by atoms with van der Waals surface area (Å²) in [5.74, 6) is -1.24. The van der Waals surface area contributed by atoms with Gasteiger partial charge in [-0.1, -0.05) is 20.8 Å². The zero-order chi connectivity index (χ0) is 19.5. The van der Waals surface area contributed by atoms with E-state index in [1.165, 1.54) is 7.11 Å². The van der Waals surface area contributed by atoms with Crippen molar-refractivity contribution in [2.45, 2.75) is 33.7 Å². The van der Waals surface area contributed by atoms with Crippen molar-refractivity contribution < 1.29 is 18.3 Å². The first-order valence-corrected chi connectivity index (χ1v) is 8.19. The molecule has 0 aliphatic carbocycles. The topological polar surface area (TPSA) is 63.2 Å². The van der Waals surface area contributed by atoms with Crippen molar-refractivity contribution in [2.24, 2.45) is 5.41 Å². The molecule has 0 spiro atoms. The Morgan fingerprint density at radius 3 is 2.31 bits per heavy atom. The first-order valence-electron chi connectivity index (χ1n) is 8.19. The van der Waals surface area contributed by atoms with Crippen LogP contribution in [0.15, 0.2) is 30.3 Å². The molecule has 1 unspecified atom stereocenters. The van der Waals surface area contributed by atoms with Gasteiger partial charge in [-0.2, -0.15) is 0 Å². The average Bonchev–Trinajstić information content (AvgIpc) is 2.52. The van der Waals surface area contributed by atoms with E-state index in [9.17, 15) is 13.6 Å². The highest BCUT2D eigenvalue weighted by atomic mass is 19.1. The SMILES string of the molecule is COc1ccc(Nc2cc(F)cc(F)c2)nc1C(=O)NC(C)C(C)(C)C. The molecule has 1 heterocycles. The van der Waals surface area contributed by atoms with Gasteiger partial charge in [0.05, 0.1) is 7.11 Å². The Hall–Kier alpha value is -2.70. The van der Waals surface area contributed by atoms with Crippen LogP contribution in [0.2, 0.25) is 0 Å². The Balaban J connectivity index is 2.28. The van der Waals surface area contributed by atoms with Crippen molar-refractivity contribution in [1.29, 1.82) is 0 Å². The highest BCUT2D eigenvalue weighted by molar-refractivity contribution is 5.95. The molecule has 1 atom stereocenters. The third kappa shape index (κ3) is 4.91. The van der Waals surface area contributed by atoms with Gasteiger partial charge in [-0.3, -0.25) is 4.79 Å². The summed E-state index contributed by atoms with van der Waals surface area (Å²) in [6.45, 7) is 7.94. The van der Waals surface area contributed by atoms with Crippen LogP contribution in [0.1, 0.15) is 38.2 Å². The second-order valence-corrected chi connectivity index (χ2v) is 7.09. The number of carbonyl (C=O) groups excluding carboxylic acids is 1. The van der Waals surface area contributed by atoms with E-state index in [4.69, 9.17) is 4.74 Å². The molecule has 140 valence electrons. The summed E-state index contributed by atoms with van der Waals surface area (Å²) in [4.78, 5) is 16.8. The van der Waals surface area contributed by atoms with Gasteiger partial charge in [0.2, 0.25) is 0 Å². The first-order chi connectivity index (χ1) is 12.1. The lowest BCUT2D eigenvalue weighted by molar-refractivity contribution is 0.0901. The lowest BCUT2D eigenvalue weighted by atomic mass is 9.88. The van der Waals surface area contributed by atoms with Gasteiger partial charge in [0.15, 0.2) is 5.69 Å². The molecule has 0 fully saturated rings. The summed E-state index contributed by atoms with van der Waals surface area (Å²) in [6, 6.07) is 6.08. The summed E-state index contributed by atoms with van der Waals surface area (Å²) in [5.41, 5.74) is 0.151. The maximum absolute atomic E-state index is 13.3. The van der Waals surface area contributed by atoms with Crippen LogP contribution >= 0.6 is 0 Å². The highest BCUT2D eigenvalue weighted by Crippen LogP contribution is 2.24. The summed E-state index contributed by atoms with van der Waals surface area (Å²) in [7, 11) is 1.44. The zero-order valence-corrected chi connectivity index (χ0v) is 15.5. The van der Waals surface area contributed by atoms with Crippen molar-refractivity contribution in [1.82, 2.24) is 10.3 Å². The van der Waals surface area contributed by atoms with Crippen molar-refractivity contribution >= 4 is 17.4 Å². The van der Waals surface area contributed by atoms with Crippen LogP contribution in [0.4, 0.5) is 20.3 Å². The van der Waals surface area contributed by atoms with E-state index in [0.29, 0.717) is 5.75 Å². The van der Waals surface area contributed by atoms with E-state index >= 15 is 0 Å². The number of carbonyl (C=O) groups is 1. The van der Waals surface area contributed by atoms with E-state index in [2.05, 4.69) is 15.6 Å². The largest absolute Gasteiger partial charge is 0.494 e. The number of amides is 1. The number of methoxy groups -OCH3 is 1. The van der Waals surface area contributed by atoms with Gasteiger partial charge in [0.25, 0.3) is 5.91 Å². The molecule has 0 saturated heterocycles. The number of ether oxygens (including phenoxy) is 1. The Morgan fingerprint density at radius 2 is 1.77 bits per heavy atom. The van der Waals surface area contributed by atoms with Gasteiger partial charge in [-0.05, 0) is 36.6 Å². The van der Waals surface area contributed by atoms with Gasteiger partial charge in [0, 0.05) is 17.8 Å². The minimum absolute atomic E-state index is 0.0884. The van der Waals surface area contributed by atoms with E-state index in [0.717, 1.165) is 18.2 Å². The number of rotatable bonds is 5. The highest BCUT2D eigenvalue weighted by Gasteiger charge is 2.24. The number of halogens is 2. The summed E-state index contributed by atoms with van der Waals surface area (Å²) >= 11 is 0. The Labute approximate surface area is 151 Å². The molecule has 26 heavy (non-hydrogen) atoms. The normalized spacial score (nSPS) is 12.4. The van der Waals surface area contributed by atoms with Crippen LogP contribution in [0.3, 0.4) is 0 Å². The van der Waals surface area contributed by atoms with Crippen molar-refractivity contribution in [3.63, 3.8) is 0 Å². The van der Waals surface area contributed by atoms with Gasteiger partial charge in [-0.25, -0.2) is 13.8 Å². The van der Waals surface area contributed by atoms with Gasteiger partial charge in [0.1, 0.15) is 23.2 Å². The fraction of sp³-hybridized carbons (Fsp3) is 0.368. The van der Waals surface area contributed by atoms with Crippen LogP contribution in [-0.2, 0) is 0 Å². The van der Waals surface area contributed by atoms with E-state index in [1.54, 1.807) is 12.1 Å². The second kappa shape index (κ2) is 7.68. The molecule has 1 aromatic carbocycles. The van der Waals surface area contributed by atoms with Crippen LogP contribution < -0.4 is 15.4 Å². The van der Waals surface area contributed by atoms with Crippen LogP contribution in [0.25, 0.3) is 0 Å². The van der Waals surface area contributed by atoms with E-state index in [1.807, 2.05) is 27.7 Å². The third-order valence-electron chi connectivity index (χ3n) is 4.07. The van der Waals surface area contributed by atoms with Gasteiger partial charge < -0.3 is 15.4 Å². The number of aromatic nitrogens is 1. The zero-order valence-electron chi connectivity index (χ0n) is 15.5. The predicted molar refractivity (Wildman–Crippen MR) is 96.8 cm³/mol. The minimum Gasteiger partial charge on any atom is -0.494 e. The molecule has 0 saturated carbocycles. The fourth-order valence-corrected chi connectivity index (χ4v) is 2.10. The maximum atomic E-state index is 13.3. The summed E-state index contributed by atoms with van der Waals surface area (Å²) in [5, 5.41) is 5.68. The van der Waals surface area contributed by atoms with Crippen LogP contribution in [-0.4, -0.2) is 24.0 Å². The fourth-order valence-electron chi connectivity index (χ4n) is 2.10. The quantitative estimate of drug-likeness (QED) is 0.832. The smallest absolute Gasteiger partial charge is 0.274 e. The lowest BCUT2D eigenvalue weighted by Gasteiger charge is -2.28. The lowest BCUT2D eigenvalue weighted by Crippen LogP contribution is -2.41. The Bertz CT molecular complexity index is 784. The van der Waals surface area contributed by atoms with E-state index < -0.39 is 17.5 Å². The van der Waals surface area contributed by atoms with Gasteiger partial charge in [-0.15, -0.1) is 0 Å². The molecule has 0 aliphatic heterocycles. The molecular formula is C19H23F2N3O2. The van der Waals surface area contributed by atoms with Crippen LogP contribution in [0, 0.1) is 17.0 Å². The number of benzene rings is 1. The van der Waals surface area contributed by atoms with Crippen LogP contribution in [0.5, 0.6) is 5.75 Å². The first kappa shape index (κ1) is 19.6. The standard InChI is InChI=1S/C19H23F2N3O2/c1-11(19(2,3)4)22-18(25)17-15(26-5)6-7-16(24-17)23-14-9-12(20)8-13(21)10-14/h6-11H,1-5H3,(H,22,25)(H,23,24). The Morgan fingerprint density at radius 1 is 1.15 bits per heavy atom. The monoisotopic (exact) mass is 363 g/mol.